The minimum Gasteiger partial charge on any atom is -0.383 e. The van der Waals surface area contributed by atoms with E-state index in [1.54, 1.807) is 20.1 Å². The van der Waals surface area contributed by atoms with Crippen molar-refractivity contribution in [1.29, 1.82) is 0 Å². The number of benzene rings is 1. The summed E-state index contributed by atoms with van der Waals surface area (Å²) in [6.07, 6.45) is 0. The molecule has 1 aromatic rings. The summed E-state index contributed by atoms with van der Waals surface area (Å²) in [5, 5.41) is 0. The molecule has 0 heterocycles. The van der Waals surface area contributed by atoms with Crippen LogP contribution in [0.3, 0.4) is 0 Å². The van der Waals surface area contributed by atoms with Gasteiger partial charge in [-0.2, -0.15) is 0 Å². The van der Waals surface area contributed by atoms with E-state index in [1.807, 2.05) is 19.1 Å². The molecule has 0 fully saturated rings. The highest BCUT2D eigenvalue weighted by atomic mass is 79.9. The molecule has 0 spiro atoms. The molecule has 0 amide bonds. The van der Waals surface area contributed by atoms with Gasteiger partial charge in [0, 0.05) is 13.7 Å². The van der Waals surface area contributed by atoms with E-state index < -0.39 is 10.0 Å². The van der Waals surface area contributed by atoms with Crippen molar-refractivity contribution < 1.29 is 13.2 Å². The molecule has 0 bridgehead atoms. The zero-order valence-corrected chi connectivity index (χ0v) is 13.1. The first-order chi connectivity index (χ1) is 8.36. The highest BCUT2D eigenvalue weighted by Crippen LogP contribution is 2.16. The van der Waals surface area contributed by atoms with Gasteiger partial charge in [0.05, 0.1) is 16.3 Å². The quantitative estimate of drug-likeness (QED) is 0.809. The van der Waals surface area contributed by atoms with Crippen molar-refractivity contribution in [3.63, 3.8) is 0 Å². The Balaban J connectivity index is 2.83. The summed E-state index contributed by atoms with van der Waals surface area (Å²) in [4.78, 5) is 0.294. The van der Waals surface area contributed by atoms with Gasteiger partial charge >= 0.3 is 0 Å². The zero-order valence-electron chi connectivity index (χ0n) is 10.7. The molecule has 4 nitrogen and oxygen atoms in total. The van der Waals surface area contributed by atoms with Crippen LogP contribution in [0.4, 0.5) is 0 Å². The average molecular weight is 336 g/mol. The number of ether oxygens (including phenoxy) is 1. The molecule has 0 aliphatic heterocycles. The highest BCUT2D eigenvalue weighted by Gasteiger charge is 2.18. The number of hydrogen-bond acceptors (Lipinski definition) is 3. The number of rotatable bonds is 6. The van der Waals surface area contributed by atoms with Crippen molar-refractivity contribution >= 4 is 26.0 Å². The van der Waals surface area contributed by atoms with Crippen LogP contribution in [0, 0.1) is 13.8 Å². The fourth-order valence-corrected chi connectivity index (χ4v) is 3.56. The Bertz CT molecular complexity index is 502. The summed E-state index contributed by atoms with van der Waals surface area (Å²) in [6.45, 7) is 4.41. The number of aryl methyl sites for hydroxylation is 2. The van der Waals surface area contributed by atoms with E-state index in [0.29, 0.717) is 18.0 Å². The molecule has 0 saturated heterocycles. The minimum absolute atomic E-state index is 0.0395. The molecule has 102 valence electrons. The Morgan fingerprint density at radius 3 is 2.67 bits per heavy atom. The van der Waals surface area contributed by atoms with Crippen LogP contribution in [0.25, 0.3) is 0 Å². The van der Waals surface area contributed by atoms with Gasteiger partial charge in [0.25, 0.3) is 0 Å². The molecule has 1 N–H and O–H groups in total. The summed E-state index contributed by atoms with van der Waals surface area (Å²) in [7, 11) is -1.89. The molecule has 1 aromatic carbocycles. The van der Waals surface area contributed by atoms with Crippen LogP contribution in [0.15, 0.2) is 23.1 Å². The van der Waals surface area contributed by atoms with Crippen LogP contribution in [0.1, 0.15) is 11.1 Å². The Hall–Kier alpha value is -0.430. The van der Waals surface area contributed by atoms with Gasteiger partial charge < -0.3 is 4.74 Å². The molecule has 0 aromatic heterocycles. The van der Waals surface area contributed by atoms with Gasteiger partial charge in [-0.3, -0.25) is 0 Å². The second-order valence-electron chi connectivity index (χ2n) is 4.17. The van der Waals surface area contributed by atoms with Gasteiger partial charge in [-0.25, -0.2) is 13.1 Å². The van der Waals surface area contributed by atoms with Crippen LogP contribution in [-0.4, -0.2) is 33.5 Å². The Morgan fingerprint density at radius 1 is 1.39 bits per heavy atom. The summed E-state index contributed by atoms with van der Waals surface area (Å²) in [6, 6.07) is 5.38. The summed E-state index contributed by atoms with van der Waals surface area (Å²) in [5.41, 5.74) is 1.67. The van der Waals surface area contributed by atoms with Crippen molar-refractivity contribution in [3.05, 3.63) is 29.3 Å². The van der Waals surface area contributed by atoms with Crippen LogP contribution < -0.4 is 4.72 Å². The van der Waals surface area contributed by atoms with Crippen molar-refractivity contribution in [1.82, 2.24) is 4.72 Å². The van der Waals surface area contributed by atoms with Gasteiger partial charge in [-0.1, -0.05) is 28.1 Å². The molecule has 1 rings (SSSR count). The SMILES string of the molecule is COCC(Br)CNS(=O)(=O)c1cc(C)ccc1C. The third kappa shape index (κ3) is 4.35. The molecule has 0 saturated carbocycles. The largest absolute Gasteiger partial charge is 0.383 e. The van der Waals surface area contributed by atoms with Gasteiger partial charge in [-0.05, 0) is 31.0 Å². The molecule has 6 heteroatoms. The number of methoxy groups -OCH3 is 1. The Labute approximate surface area is 117 Å². The number of alkyl halides is 1. The van der Waals surface area contributed by atoms with Crippen LogP contribution in [-0.2, 0) is 14.8 Å². The standard InChI is InChI=1S/C12H18BrNO3S/c1-9-4-5-10(2)12(6-9)18(15,16)14-7-11(13)8-17-3/h4-6,11,14H,7-8H2,1-3H3. The van der Waals surface area contributed by atoms with Crippen LogP contribution in [0.2, 0.25) is 0 Å². The molecule has 0 aliphatic rings. The topological polar surface area (TPSA) is 55.4 Å². The van der Waals surface area contributed by atoms with E-state index >= 15 is 0 Å². The number of nitrogens with one attached hydrogen (secondary N) is 1. The molecule has 1 atom stereocenters. The fraction of sp³-hybridized carbons (Fsp3) is 0.500. The summed E-state index contributed by atoms with van der Waals surface area (Å²) >= 11 is 3.34. The summed E-state index contributed by atoms with van der Waals surface area (Å²) < 4.78 is 31.8. The van der Waals surface area contributed by atoms with E-state index in [2.05, 4.69) is 20.7 Å². The lowest BCUT2D eigenvalue weighted by Gasteiger charge is -2.12. The predicted molar refractivity (Wildman–Crippen MR) is 75.7 cm³/mol. The van der Waals surface area contributed by atoms with Crippen molar-refractivity contribution in [2.24, 2.45) is 0 Å². The van der Waals surface area contributed by atoms with E-state index in [9.17, 15) is 8.42 Å². The second kappa shape index (κ2) is 6.65. The maximum Gasteiger partial charge on any atom is 0.240 e. The van der Waals surface area contributed by atoms with Gasteiger partial charge in [0.15, 0.2) is 0 Å². The van der Waals surface area contributed by atoms with Crippen LogP contribution >= 0.6 is 15.9 Å². The van der Waals surface area contributed by atoms with E-state index in [0.717, 1.165) is 11.1 Å². The van der Waals surface area contributed by atoms with Crippen molar-refractivity contribution in [2.75, 3.05) is 20.3 Å². The maximum absolute atomic E-state index is 12.1. The van der Waals surface area contributed by atoms with E-state index in [1.165, 1.54) is 0 Å². The molecular weight excluding hydrogens is 318 g/mol. The molecular formula is C12H18BrNO3S. The Morgan fingerprint density at radius 2 is 2.06 bits per heavy atom. The smallest absolute Gasteiger partial charge is 0.240 e. The van der Waals surface area contributed by atoms with E-state index in [-0.39, 0.29) is 4.83 Å². The van der Waals surface area contributed by atoms with Crippen molar-refractivity contribution in [3.8, 4) is 0 Å². The Kier molecular flexibility index (Phi) is 5.78. The second-order valence-corrected chi connectivity index (χ2v) is 7.20. The lowest BCUT2D eigenvalue weighted by molar-refractivity contribution is 0.201. The molecule has 0 radical (unpaired) electrons. The zero-order chi connectivity index (χ0) is 13.8. The van der Waals surface area contributed by atoms with Crippen molar-refractivity contribution in [2.45, 2.75) is 23.6 Å². The lowest BCUT2D eigenvalue weighted by atomic mass is 10.2. The summed E-state index contributed by atoms with van der Waals surface area (Å²) in [5.74, 6) is 0. The molecule has 0 aliphatic carbocycles. The first-order valence-corrected chi connectivity index (χ1v) is 7.96. The first kappa shape index (κ1) is 15.6. The molecule has 1 unspecified atom stereocenters. The first-order valence-electron chi connectivity index (χ1n) is 5.56. The monoisotopic (exact) mass is 335 g/mol. The van der Waals surface area contributed by atoms with Crippen LogP contribution in [0.5, 0.6) is 0 Å². The van der Waals surface area contributed by atoms with E-state index in [4.69, 9.17) is 4.74 Å². The fourth-order valence-electron chi connectivity index (χ4n) is 1.51. The van der Waals surface area contributed by atoms with Gasteiger partial charge in [0.2, 0.25) is 10.0 Å². The van der Waals surface area contributed by atoms with Gasteiger partial charge in [-0.15, -0.1) is 0 Å². The lowest BCUT2D eigenvalue weighted by Crippen LogP contribution is -2.31. The maximum atomic E-state index is 12.1. The average Bonchev–Trinajstić information content (AvgIpc) is 2.30. The number of halogens is 1. The highest BCUT2D eigenvalue weighted by molar-refractivity contribution is 9.09. The normalized spacial score (nSPS) is 13.6. The van der Waals surface area contributed by atoms with Gasteiger partial charge in [0.1, 0.15) is 0 Å². The molecule has 18 heavy (non-hydrogen) atoms. The third-order valence-electron chi connectivity index (χ3n) is 2.48. The third-order valence-corrected chi connectivity index (χ3v) is 4.63. The minimum atomic E-state index is -3.46. The predicted octanol–water partition coefficient (Wildman–Crippen LogP) is 1.99. The number of hydrogen-bond donors (Lipinski definition) is 1. The number of sulfonamides is 1.